The highest BCUT2D eigenvalue weighted by molar-refractivity contribution is 6.32. The molecule has 33 heavy (non-hydrogen) atoms. The Labute approximate surface area is 192 Å². The zero-order valence-corrected chi connectivity index (χ0v) is 18.8. The standard InChI is InChI=1S/C22H21ClF4N4O2/c1-4-30-12(2)15(10-28-30)16(32)7-5-13-6-8-17(33-3)14(9-13)11-31-20(22(26)27)18(23)19(29-31)21(24)25/h5-10,21-22H,4,11H2,1-3H3/b7-5+. The zero-order chi connectivity index (χ0) is 24.3. The molecule has 0 N–H and O–H groups in total. The van der Waals surface area contributed by atoms with Gasteiger partial charge in [-0.05, 0) is 37.6 Å². The van der Waals surface area contributed by atoms with Gasteiger partial charge in [0.15, 0.2) is 5.78 Å². The molecule has 0 saturated heterocycles. The van der Waals surface area contributed by atoms with Crippen LogP contribution in [0.3, 0.4) is 0 Å². The number of benzene rings is 1. The van der Waals surface area contributed by atoms with Crippen LogP contribution in [0.2, 0.25) is 5.02 Å². The van der Waals surface area contributed by atoms with Gasteiger partial charge < -0.3 is 4.74 Å². The zero-order valence-electron chi connectivity index (χ0n) is 18.0. The summed E-state index contributed by atoms with van der Waals surface area (Å²) in [5.41, 5.74) is 0.473. The number of alkyl halides is 4. The molecule has 0 bridgehead atoms. The van der Waals surface area contributed by atoms with Gasteiger partial charge in [0.1, 0.15) is 17.1 Å². The summed E-state index contributed by atoms with van der Waals surface area (Å²) in [7, 11) is 1.39. The van der Waals surface area contributed by atoms with Crippen LogP contribution in [0.25, 0.3) is 6.08 Å². The van der Waals surface area contributed by atoms with Gasteiger partial charge in [-0.1, -0.05) is 23.7 Å². The number of carbonyl (C=O) groups is 1. The van der Waals surface area contributed by atoms with Crippen molar-refractivity contribution in [1.82, 2.24) is 19.6 Å². The summed E-state index contributed by atoms with van der Waals surface area (Å²) in [6, 6.07) is 4.85. The van der Waals surface area contributed by atoms with Crippen molar-refractivity contribution in [1.29, 1.82) is 0 Å². The highest BCUT2D eigenvalue weighted by atomic mass is 35.5. The number of halogens is 5. The third-order valence-electron chi connectivity index (χ3n) is 5.09. The second-order valence-corrected chi connectivity index (χ2v) is 7.45. The van der Waals surface area contributed by atoms with Crippen LogP contribution in [-0.4, -0.2) is 32.5 Å². The average Bonchev–Trinajstić information content (AvgIpc) is 3.31. The first kappa shape index (κ1) is 24.5. The minimum atomic E-state index is -3.10. The number of nitrogens with zero attached hydrogens (tertiary/aromatic N) is 4. The molecule has 2 aromatic heterocycles. The van der Waals surface area contributed by atoms with Crippen molar-refractivity contribution in [3.05, 3.63) is 69.3 Å². The lowest BCUT2D eigenvalue weighted by Crippen LogP contribution is -2.08. The van der Waals surface area contributed by atoms with E-state index < -0.39 is 29.3 Å². The Kier molecular flexibility index (Phi) is 7.57. The fourth-order valence-electron chi connectivity index (χ4n) is 3.40. The normalized spacial score (nSPS) is 11.8. The Morgan fingerprint density at radius 3 is 2.52 bits per heavy atom. The highest BCUT2D eigenvalue weighted by Crippen LogP contribution is 2.35. The van der Waals surface area contributed by atoms with Crippen molar-refractivity contribution < 1.29 is 27.1 Å². The van der Waals surface area contributed by atoms with Crippen molar-refractivity contribution in [2.45, 2.75) is 39.8 Å². The summed E-state index contributed by atoms with van der Waals surface area (Å²) in [5, 5.41) is 6.97. The van der Waals surface area contributed by atoms with Crippen molar-refractivity contribution in [2.24, 2.45) is 0 Å². The summed E-state index contributed by atoms with van der Waals surface area (Å²) in [5.74, 6) is 0.0916. The van der Waals surface area contributed by atoms with Gasteiger partial charge in [-0.25, -0.2) is 17.6 Å². The maximum Gasteiger partial charge on any atom is 0.283 e. The first-order chi connectivity index (χ1) is 15.7. The summed E-state index contributed by atoms with van der Waals surface area (Å²) < 4.78 is 60.9. The van der Waals surface area contributed by atoms with Crippen LogP contribution in [-0.2, 0) is 13.1 Å². The molecule has 0 unspecified atom stereocenters. The predicted molar refractivity (Wildman–Crippen MR) is 115 cm³/mol. The van der Waals surface area contributed by atoms with Crippen LogP contribution in [0.5, 0.6) is 5.75 Å². The molecule has 0 aliphatic carbocycles. The number of allylic oxidation sites excluding steroid dienone is 1. The van der Waals surface area contributed by atoms with E-state index in [9.17, 15) is 22.4 Å². The molecule has 0 radical (unpaired) electrons. The van der Waals surface area contributed by atoms with E-state index in [0.29, 0.717) is 29.0 Å². The molecular formula is C22H21ClF4N4O2. The molecule has 0 saturated carbocycles. The van der Waals surface area contributed by atoms with E-state index >= 15 is 0 Å². The molecule has 0 aliphatic rings. The van der Waals surface area contributed by atoms with E-state index in [1.54, 1.807) is 35.9 Å². The van der Waals surface area contributed by atoms with Gasteiger partial charge in [-0.2, -0.15) is 10.2 Å². The van der Waals surface area contributed by atoms with Gasteiger partial charge >= 0.3 is 0 Å². The third kappa shape index (κ3) is 5.11. The SMILES string of the molecule is CCn1ncc(C(=O)/C=C/c2ccc(OC)c(Cn3nc(C(F)F)c(Cl)c3C(F)F)c2)c1C. The number of aryl methyl sites for hydroxylation is 1. The maximum atomic E-state index is 13.5. The quantitative estimate of drug-likeness (QED) is 0.216. The lowest BCUT2D eigenvalue weighted by molar-refractivity contribution is 0.104. The molecule has 0 spiro atoms. The number of ether oxygens (including phenoxy) is 1. The maximum absolute atomic E-state index is 13.5. The van der Waals surface area contributed by atoms with E-state index in [1.807, 2.05) is 6.92 Å². The van der Waals surface area contributed by atoms with E-state index in [1.165, 1.54) is 19.4 Å². The van der Waals surface area contributed by atoms with Crippen LogP contribution in [0.4, 0.5) is 17.6 Å². The smallest absolute Gasteiger partial charge is 0.283 e. The van der Waals surface area contributed by atoms with Crippen LogP contribution >= 0.6 is 11.6 Å². The van der Waals surface area contributed by atoms with Crippen LogP contribution in [0, 0.1) is 6.92 Å². The molecular weight excluding hydrogens is 464 g/mol. The predicted octanol–water partition coefficient (Wildman–Crippen LogP) is 5.89. The Bertz CT molecular complexity index is 1190. The van der Waals surface area contributed by atoms with Gasteiger partial charge in [-0.15, -0.1) is 0 Å². The number of methoxy groups -OCH3 is 1. The van der Waals surface area contributed by atoms with Gasteiger partial charge in [0.05, 0.1) is 30.4 Å². The molecule has 3 aromatic rings. The molecule has 3 rings (SSSR count). The van der Waals surface area contributed by atoms with Gasteiger partial charge in [0.25, 0.3) is 12.9 Å². The number of hydrogen-bond acceptors (Lipinski definition) is 4. The molecule has 0 amide bonds. The molecule has 0 fully saturated rings. The number of hydrogen-bond donors (Lipinski definition) is 0. The fourth-order valence-corrected chi connectivity index (χ4v) is 3.70. The molecule has 1 aromatic carbocycles. The Balaban J connectivity index is 1.92. The van der Waals surface area contributed by atoms with Crippen LogP contribution < -0.4 is 4.74 Å². The second-order valence-electron chi connectivity index (χ2n) is 7.07. The molecule has 2 heterocycles. The summed E-state index contributed by atoms with van der Waals surface area (Å²) in [6.45, 7) is 4.06. The summed E-state index contributed by atoms with van der Waals surface area (Å²) >= 11 is 5.73. The average molecular weight is 485 g/mol. The Hall–Kier alpha value is -3.14. The molecule has 6 nitrogen and oxygen atoms in total. The topological polar surface area (TPSA) is 61.9 Å². The first-order valence-corrected chi connectivity index (χ1v) is 10.3. The first-order valence-electron chi connectivity index (χ1n) is 9.92. The fraction of sp³-hybridized carbons (Fsp3) is 0.318. The number of aromatic nitrogens is 4. The van der Waals surface area contributed by atoms with E-state index in [2.05, 4.69) is 10.2 Å². The monoisotopic (exact) mass is 484 g/mol. The minimum Gasteiger partial charge on any atom is -0.496 e. The molecule has 0 atom stereocenters. The number of ketones is 1. The van der Waals surface area contributed by atoms with Crippen molar-refractivity contribution in [3.63, 3.8) is 0 Å². The van der Waals surface area contributed by atoms with E-state index in [-0.39, 0.29) is 12.3 Å². The lowest BCUT2D eigenvalue weighted by Gasteiger charge is -2.12. The van der Waals surface area contributed by atoms with Gasteiger partial charge in [-0.3, -0.25) is 14.2 Å². The number of carbonyl (C=O) groups excluding carboxylic acids is 1. The second kappa shape index (κ2) is 10.2. The van der Waals surface area contributed by atoms with E-state index in [0.717, 1.165) is 10.4 Å². The Morgan fingerprint density at radius 2 is 1.94 bits per heavy atom. The van der Waals surface area contributed by atoms with E-state index in [4.69, 9.17) is 16.3 Å². The lowest BCUT2D eigenvalue weighted by atomic mass is 10.1. The van der Waals surface area contributed by atoms with Crippen LogP contribution in [0.1, 0.15) is 58.3 Å². The van der Waals surface area contributed by atoms with Crippen molar-refractivity contribution >= 4 is 23.5 Å². The molecule has 0 aliphatic heterocycles. The Morgan fingerprint density at radius 1 is 1.21 bits per heavy atom. The van der Waals surface area contributed by atoms with Gasteiger partial charge in [0, 0.05) is 17.8 Å². The minimum absolute atomic E-state index is 0.245. The summed E-state index contributed by atoms with van der Waals surface area (Å²) in [4.78, 5) is 12.5. The van der Waals surface area contributed by atoms with Crippen molar-refractivity contribution in [3.8, 4) is 5.75 Å². The molecule has 176 valence electrons. The highest BCUT2D eigenvalue weighted by Gasteiger charge is 2.28. The van der Waals surface area contributed by atoms with Crippen molar-refractivity contribution in [2.75, 3.05) is 7.11 Å². The number of rotatable bonds is 9. The van der Waals surface area contributed by atoms with Gasteiger partial charge in [0.2, 0.25) is 0 Å². The summed E-state index contributed by atoms with van der Waals surface area (Å²) in [6.07, 6.45) is -1.77. The molecule has 11 heteroatoms. The third-order valence-corrected chi connectivity index (χ3v) is 5.48. The largest absolute Gasteiger partial charge is 0.496 e. The van der Waals surface area contributed by atoms with Crippen LogP contribution in [0.15, 0.2) is 30.5 Å².